The molecule has 0 radical (unpaired) electrons. The number of nitrogens with zero attached hydrogens (tertiary/aromatic N) is 2. The minimum atomic E-state index is -0.728. The highest BCUT2D eigenvalue weighted by molar-refractivity contribution is 5.90. The van der Waals surface area contributed by atoms with Gasteiger partial charge in [0.25, 0.3) is 0 Å². The summed E-state index contributed by atoms with van der Waals surface area (Å²) in [6.07, 6.45) is 1.42. The topological polar surface area (TPSA) is 129 Å². The van der Waals surface area contributed by atoms with Crippen LogP contribution in [0.25, 0.3) is 0 Å². The summed E-state index contributed by atoms with van der Waals surface area (Å²) < 4.78 is 11.7. The Morgan fingerprint density at radius 1 is 0.929 bits per heavy atom. The van der Waals surface area contributed by atoms with Gasteiger partial charge < -0.3 is 35.2 Å². The molecule has 0 spiro atoms. The predicted molar refractivity (Wildman–Crippen MR) is 165 cm³/mol. The van der Waals surface area contributed by atoms with Gasteiger partial charge in [-0.2, -0.15) is 0 Å². The summed E-state index contributed by atoms with van der Waals surface area (Å²) in [4.78, 5) is 56.7. The van der Waals surface area contributed by atoms with Crippen molar-refractivity contribution < 1.29 is 28.7 Å². The molecule has 42 heavy (non-hydrogen) atoms. The molecule has 244 valence electrons. The lowest BCUT2D eigenvalue weighted by Gasteiger charge is -2.41. The van der Waals surface area contributed by atoms with Gasteiger partial charge in [-0.3, -0.25) is 19.2 Å². The quantitative estimate of drug-likeness (QED) is 0.234. The first-order valence-electron chi connectivity index (χ1n) is 15.5. The van der Waals surface area contributed by atoms with E-state index in [9.17, 15) is 19.2 Å². The number of carbonyl (C=O) groups is 4. The molecule has 1 aliphatic heterocycles. The molecule has 0 aromatic carbocycles. The zero-order valence-electron chi connectivity index (χ0n) is 28.2. The monoisotopic (exact) mass is 597 g/mol. The van der Waals surface area contributed by atoms with Crippen LogP contribution in [0.2, 0.25) is 0 Å². The normalized spacial score (nSPS) is 20.4. The molecular weight excluding hydrogens is 538 g/mol. The van der Waals surface area contributed by atoms with Gasteiger partial charge in [0.05, 0.1) is 42.7 Å². The van der Waals surface area contributed by atoms with Gasteiger partial charge in [-0.25, -0.2) is 0 Å². The predicted octanol–water partition coefficient (Wildman–Crippen LogP) is 2.04. The highest BCUT2D eigenvalue weighted by Gasteiger charge is 2.42. The molecule has 0 unspecified atom stereocenters. The van der Waals surface area contributed by atoms with Crippen LogP contribution >= 0.6 is 0 Å². The minimum absolute atomic E-state index is 0.0234. The summed E-state index contributed by atoms with van der Waals surface area (Å²) >= 11 is 0. The van der Waals surface area contributed by atoms with Crippen molar-refractivity contribution in [2.45, 2.75) is 111 Å². The first-order valence-corrected chi connectivity index (χ1v) is 15.5. The third-order valence-electron chi connectivity index (χ3n) is 9.00. The van der Waals surface area contributed by atoms with E-state index in [0.29, 0.717) is 6.54 Å². The molecule has 1 aliphatic rings. The summed E-state index contributed by atoms with van der Waals surface area (Å²) in [5.41, 5.74) is 0. The van der Waals surface area contributed by atoms with E-state index < -0.39 is 36.3 Å². The van der Waals surface area contributed by atoms with Crippen LogP contribution in [0, 0.1) is 23.7 Å². The van der Waals surface area contributed by atoms with Gasteiger partial charge in [-0.1, -0.05) is 54.9 Å². The molecule has 0 aromatic rings. The van der Waals surface area contributed by atoms with E-state index in [4.69, 9.17) is 9.47 Å². The largest absolute Gasteiger partial charge is 0.379 e. The molecule has 0 saturated carbocycles. The fraction of sp³-hybridized carbons (Fsp3) is 0.871. The Bertz CT molecular complexity index is 884. The Morgan fingerprint density at radius 3 is 1.98 bits per heavy atom. The summed E-state index contributed by atoms with van der Waals surface area (Å²) in [5.74, 6) is -1.14. The third kappa shape index (κ3) is 9.38. The molecule has 8 atom stereocenters. The first kappa shape index (κ1) is 37.8. The van der Waals surface area contributed by atoms with Crippen LogP contribution in [-0.2, 0) is 28.7 Å². The lowest BCUT2D eigenvalue weighted by molar-refractivity contribution is -0.147. The molecule has 3 N–H and O–H groups in total. The fourth-order valence-corrected chi connectivity index (χ4v) is 6.28. The minimum Gasteiger partial charge on any atom is -0.379 e. The van der Waals surface area contributed by atoms with E-state index >= 15 is 0 Å². The SMILES string of the molecule is CC[C@H](C)[C@@H]([C@@H](CC(=O)N1CCC[C@H]1[C@H](OC)[C@@H](C)C(=O)NC)OC)N(C)C(=O)[C@@H](NC(=O)[C@@H](NC)C(C)C)C(C)C. The van der Waals surface area contributed by atoms with E-state index in [0.717, 1.165) is 19.3 Å². The van der Waals surface area contributed by atoms with Gasteiger partial charge in [0.1, 0.15) is 6.04 Å². The molecule has 1 rings (SSSR count). The maximum absolute atomic E-state index is 14.0. The highest BCUT2D eigenvalue weighted by atomic mass is 16.5. The molecular formula is C31H59N5O6. The maximum Gasteiger partial charge on any atom is 0.245 e. The van der Waals surface area contributed by atoms with Crippen LogP contribution in [0.5, 0.6) is 0 Å². The van der Waals surface area contributed by atoms with Crippen LogP contribution in [-0.4, -0.2) is 112 Å². The van der Waals surface area contributed by atoms with Crippen molar-refractivity contribution in [1.82, 2.24) is 25.8 Å². The molecule has 1 saturated heterocycles. The van der Waals surface area contributed by atoms with Crippen LogP contribution in [0.3, 0.4) is 0 Å². The second kappa shape index (κ2) is 17.8. The van der Waals surface area contributed by atoms with Crippen molar-refractivity contribution in [3.63, 3.8) is 0 Å². The van der Waals surface area contributed by atoms with E-state index in [1.165, 1.54) is 0 Å². The Labute approximate surface area is 254 Å². The van der Waals surface area contributed by atoms with E-state index in [1.807, 2.05) is 53.4 Å². The van der Waals surface area contributed by atoms with E-state index in [1.54, 1.807) is 40.3 Å². The maximum atomic E-state index is 14.0. The van der Waals surface area contributed by atoms with Gasteiger partial charge in [0.15, 0.2) is 0 Å². The van der Waals surface area contributed by atoms with Crippen molar-refractivity contribution in [1.29, 1.82) is 0 Å². The van der Waals surface area contributed by atoms with Gasteiger partial charge in [0.2, 0.25) is 23.6 Å². The first-order chi connectivity index (χ1) is 19.7. The van der Waals surface area contributed by atoms with Crippen molar-refractivity contribution in [2.75, 3.05) is 41.9 Å². The number of amides is 4. The number of likely N-dealkylation sites (N-methyl/N-ethyl adjacent to an activating group) is 2. The van der Waals surface area contributed by atoms with Crippen molar-refractivity contribution in [2.24, 2.45) is 23.7 Å². The van der Waals surface area contributed by atoms with Crippen molar-refractivity contribution in [3.8, 4) is 0 Å². The fourth-order valence-electron chi connectivity index (χ4n) is 6.28. The van der Waals surface area contributed by atoms with Gasteiger partial charge >= 0.3 is 0 Å². The van der Waals surface area contributed by atoms with E-state index in [2.05, 4.69) is 16.0 Å². The molecule has 11 heteroatoms. The molecule has 1 heterocycles. The lowest BCUT2D eigenvalue weighted by Crippen LogP contribution is -2.59. The number of hydrogen-bond acceptors (Lipinski definition) is 7. The summed E-state index contributed by atoms with van der Waals surface area (Å²) in [6.45, 7) is 14.2. The number of carbonyl (C=O) groups excluding carboxylic acids is 4. The molecule has 4 amide bonds. The molecule has 11 nitrogen and oxygen atoms in total. The molecule has 0 aliphatic carbocycles. The number of hydrogen-bond donors (Lipinski definition) is 3. The number of nitrogens with one attached hydrogen (secondary N) is 3. The average Bonchev–Trinajstić information content (AvgIpc) is 3.44. The third-order valence-corrected chi connectivity index (χ3v) is 9.00. The van der Waals surface area contributed by atoms with Crippen molar-refractivity contribution >= 4 is 23.6 Å². The number of ether oxygens (including phenoxy) is 2. The Morgan fingerprint density at radius 2 is 1.52 bits per heavy atom. The summed E-state index contributed by atoms with van der Waals surface area (Å²) in [7, 11) is 8.21. The van der Waals surface area contributed by atoms with Gasteiger partial charge in [-0.15, -0.1) is 0 Å². The Kier molecular flexibility index (Phi) is 16.0. The smallest absolute Gasteiger partial charge is 0.245 e. The Hall–Kier alpha value is -2.24. The van der Waals surface area contributed by atoms with Crippen LogP contribution in [0.1, 0.15) is 74.1 Å². The van der Waals surface area contributed by atoms with E-state index in [-0.39, 0.29) is 53.8 Å². The van der Waals surface area contributed by atoms with Crippen LogP contribution in [0.15, 0.2) is 0 Å². The number of likely N-dealkylation sites (tertiary alicyclic amines) is 1. The average molecular weight is 598 g/mol. The lowest BCUT2D eigenvalue weighted by atomic mass is 9.89. The standard InChI is InChI=1S/C31H59N5O6/c1-13-20(6)27(35(10)31(40)26(19(4)5)34-30(39)25(32-8)18(2)3)23(41-11)17-24(37)36-16-14-15-22(36)28(42-12)21(7)29(38)33-9/h18-23,25-28,32H,13-17H2,1-12H3,(H,33,38)(H,34,39)/t20-,21+,22-,23+,25-,26-,27-,28+/m0/s1. The van der Waals surface area contributed by atoms with Gasteiger partial charge in [-0.05, 0) is 37.6 Å². The highest BCUT2D eigenvalue weighted by Crippen LogP contribution is 2.29. The second-order valence-corrected chi connectivity index (χ2v) is 12.4. The second-order valence-electron chi connectivity index (χ2n) is 12.4. The van der Waals surface area contributed by atoms with Crippen LogP contribution in [0.4, 0.5) is 0 Å². The van der Waals surface area contributed by atoms with Crippen LogP contribution < -0.4 is 16.0 Å². The molecule has 1 fully saturated rings. The van der Waals surface area contributed by atoms with Gasteiger partial charge in [0, 0.05) is 34.9 Å². The number of methoxy groups -OCH3 is 2. The van der Waals surface area contributed by atoms with Crippen molar-refractivity contribution in [3.05, 3.63) is 0 Å². The Balaban J connectivity index is 3.24. The summed E-state index contributed by atoms with van der Waals surface area (Å²) in [5, 5.41) is 8.70. The zero-order valence-corrected chi connectivity index (χ0v) is 28.2. The zero-order chi connectivity index (χ0) is 32.3. The molecule has 0 aromatic heterocycles. The summed E-state index contributed by atoms with van der Waals surface area (Å²) in [6, 6.07) is -1.78. The number of rotatable bonds is 17. The molecule has 0 bridgehead atoms.